The van der Waals surface area contributed by atoms with Crippen LogP contribution >= 0.6 is 11.3 Å². The molecule has 1 unspecified atom stereocenters. The monoisotopic (exact) mass is 245 g/mol. The van der Waals surface area contributed by atoms with Gasteiger partial charge < -0.3 is 5.73 Å². The Labute approximate surface area is 105 Å². The van der Waals surface area contributed by atoms with Gasteiger partial charge in [-0.3, -0.25) is 4.79 Å². The van der Waals surface area contributed by atoms with E-state index < -0.39 is 0 Å². The smallest absolute Gasteiger partial charge is 0.153 e. The summed E-state index contributed by atoms with van der Waals surface area (Å²) >= 11 is 1.49. The second-order valence-electron chi connectivity index (χ2n) is 4.10. The molecule has 0 aliphatic rings. The summed E-state index contributed by atoms with van der Waals surface area (Å²) in [6, 6.07) is 10.2. The molecule has 0 saturated carbocycles. The van der Waals surface area contributed by atoms with Gasteiger partial charge in [0.2, 0.25) is 0 Å². The fraction of sp³-hybridized carbons (Fsp3) is 0.214. The van der Waals surface area contributed by atoms with Crippen LogP contribution in [0.2, 0.25) is 0 Å². The first kappa shape index (κ1) is 11.9. The van der Waals surface area contributed by atoms with Gasteiger partial charge in [0.05, 0.1) is 10.6 Å². The molecule has 0 fully saturated rings. The first-order valence-electron chi connectivity index (χ1n) is 5.54. The van der Waals surface area contributed by atoms with Crippen LogP contribution in [0.4, 0.5) is 5.00 Å². The summed E-state index contributed by atoms with van der Waals surface area (Å²) in [6.45, 7) is 4.12. The zero-order valence-corrected chi connectivity index (χ0v) is 10.8. The quantitative estimate of drug-likeness (QED) is 0.839. The molecule has 1 atom stereocenters. The fourth-order valence-corrected chi connectivity index (χ4v) is 3.16. The molecule has 0 aliphatic carbocycles. The number of aldehydes is 1. The number of nitrogens with two attached hydrogens (primary N) is 1. The molecular formula is C14H15NOS. The highest BCUT2D eigenvalue weighted by atomic mass is 32.1. The predicted octanol–water partition coefficient (Wildman–Crippen LogP) is 3.60. The van der Waals surface area contributed by atoms with E-state index >= 15 is 0 Å². The topological polar surface area (TPSA) is 43.1 Å². The number of hydrogen-bond acceptors (Lipinski definition) is 3. The lowest BCUT2D eigenvalue weighted by molar-refractivity contribution is 0.112. The van der Waals surface area contributed by atoms with Crippen LogP contribution in [0.3, 0.4) is 0 Å². The molecule has 1 heterocycles. The van der Waals surface area contributed by atoms with Gasteiger partial charge in [-0.2, -0.15) is 0 Å². The highest BCUT2D eigenvalue weighted by Gasteiger charge is 2.19. The van der Waals surface area contributed by atoms with Crippen LogP contribution in [0, 0.1) is 6.92 Å². The summed E-state index contributed by atoms with van der Waals surface area (Å²) in [5.41, 5.74) is 8.78. The minimum atomic E-state index is 0.199. The number of carbonyl (C=O) groups excluding carboxylic acids is 1. The van der Waals surface area contributed by atoms with E-state index in [9.17, 15) is 4.79 Å². The Balaban J connectivity index is 2.51. The second kappa shape index (κ2) is 4.72. The van der Waals surface area contributed by atoms with Crippen molar-refractivity contribution in [3.05, 3.63) is 51.9 Å². The lowest BCUT2D eigenvalue weighted by Crippen LogP contribution is -2.00. The Kier molecular flexibility index (Phi) is 3.29. The maximum atomic E-state index is 11.1. The van der Waals surface area contributed by atoms with Crippen molar-refractivity contribution in [2.75, 3.05) is 5.73 Å². The molecule has 0 spiro atoms. The Hall–Kier alpha value is -1.61. The third kappa shape index (κ3) is 2.11. The third-order valence-electron chi connectivity index (χ3n) is 3.05. The number of anilines is 1. The second-order valence-corrected chi connectivity index (χ2v) is 5.36. The average Bonchev–Trinajstić information content (AvgIpc) is 2.63. The zero-order chi connectivity index (χ0) is 12.4. The summed E-state index contributed by atoms with van der Waals surface area (Å²) in [5.74, 6) is 0.199. The molecule has 0 amide bonds. The summed E-state index contributed by atoms with van der Waals surface area (Å²) < 4.78 is 0. The fourth-order valence-electron chi connectivity index (χ4n) is 2.17. The Morgan fingerprint density at radius 2 is 1.94 bits per heavy atom. The molecule has 3 heteroatoms. The van der Waals surface area contributed by atoms with Gasteiger partial charge in [-0.1, -0.05) is 37.3 Å². The summed E-state index contributed by atoms with van der Waals surface area (Å²) in [6.07, 6.45) is 0.869. The number of hydrogen-bond donors (Lipinski definition) is 1. The van der Waals surface area contributed by atoms with E-state index in [4.69, 9.17) is 5.73 Å². The number of rotatable bonds is 3. The minimum Gasteiger partial charge on any atom is -0.390 e. The SMILES string of the molecule is Cc1sc(N)c(C=O)c1C(C)c1ccccc1. The van der Waals surface area contributed by atoms with E-state index in [0.29, 0.717) is 10.6 Å². The highest BCUT2D eigenvalue weighted by molar-refractivity contribution is 7.16. The van der Waals surface area contributed by atoms with Crippen LogP contribution in [0.1, 0.15) is 39.2 Å². The molecular weight excluding hydrogens is 230 g/mol. The molecule has 0 radical (unpaired) electrons. The Morgan fingerprint density at radius 1 is 1.29 bits per heavy atom. The molecule has 1 aromatic heterocycles. The molecule has 0 saturated heterocycles. The number of benzene rings is 1. The molecule has 88 valence electrons. The van der Waals surface area contributed by atoms with Crippen LogP contribution in [-0.4, -0.2) is 6.29 Å². The molecule has 17 heavy (non-hydrogen) atoms. The normalized spacial score (nSPS) is 12.4. The van der Waals surface area contributed by atoms with Crippen molar-refractivity contribution in [3.8, 4) is 0 Å². The zero-order valence-electron chi connectivity index (χ0n) is 9.94. The Morgan fingerprint density at radius 3 is 2.53 bits per heavy atom. The summed E-state index contributed by atoms with van der Waals surface area (Å²) in [5, 5.41) is 0.621. The number of carbonyl (C=O) groups is 1. The highest BCUT2D eigenvalue weighted by Crippen LogP contribution is 2.37. The van der Waals surface area contributed by atoms with Crippen molar-refractivity contribution < 1.29 is 4.79 Å². The van der Waals surface area contributed by atoms with Gasteiger partial charge in [0.1, 0.15) is 0 Å². The van der Waals surface area contributed by atoms with Gasteiger partial charge in [0.25, 0.3) is 0 Å². The lowest BCUT2D eigenvalue weighted by Gasteiger charge is -2.13. The van der Waals surface area contributed by atoms with Crippen molar-refractivity contribution in [3.63, 3.8) is 0 Å². The summed E-state index contributed by atoms with van der Waals surface area (Å²) in [7, 11) is 0. The first-order valence-corrected chi connectivity index (χ1v) is 6.35. The number of aryl methyl sites for hydroxylation is 1. The van der Waals surface area contributed by atoms with Crippen molar-refractivity contribution in [2.24, 2.45) is 0 Å². The van der Waals surface area contributed by atoms with Gasteiger partial charge in [-0.15, -0.1) is 11.3 Å². The van der Waals surface area contributed by atoms with E-state index in [1.807, 2.05) is 25.1 Å². The molecule has 1 aromatic carbocycles. The average molecular weight is 245 g/mol. The molecule has 2 aromatic rings. The van der Waals surface area contributed by atoms with E-state index in [2.05, 4.69) is 19.1 Å². The van der Waals surface area contributed by atoms with Crippen molar-refractivity contribution in [2.45, 2.75) is 19.8 Å². The van der Waals surface area contributed by atoms with Gasteiger partial charge in [-0.25, -0.2) is 0 Å². The van der Waals surface area contributed by atoms with Crippen LogP contribution in [-0.2, 0) is 0 Å². The van der Waals surface area contributed by atoms with E-state index in [1.165, 1.54) is 16.9 Å². The van der Waals surface area contributed by atoms with Gasteiger partial charge >= 0.3 is 0 Å². The standard InChI is InChI=1S/C14H15NOS/c1-9(11-6-4-3-5-7-11)13-10(2)17-14(15)12(13)8-16/h3-9H,15H2,1-2H3. The maximum Gasteiger partial charge on any atom is 0.153 e. The van der Waals surface area contributed by atoms with Crippen LogP contribution in [0.15, 0.2) is 30.3 Å². The van der Waals surface area contributed by atoms with Crippen LogP contribution in [0.5, 0.6) is 0 Å². The van der Waals surface area contributed by atoms with E-state index in [0.717, 1.165) is 16.7 Å². The van der Waals surface area contributed by atoms with Crippen LogP contribution in [0.25, 0.3) is 0 Å². The van der Waals surface area contributed by atoms with Gasteiger partial charge in [0.15, 0.2) is 6.29 Å². The lowest BCUT2D eigenvalue weighted by atomic mass is 9.91. The van der Waals surface area contributed by atoms with Gasteiger partial charge in [-0.05, 0) is 18.1 Å². The van der Waals surface area contributed by atoms with Crippen molar-refractivity contribution >= 4 is 22.6 Å². The molecule has 2 rings (SSSR count). The largest absolute Gasteiger partial charge is 0.390 e. The van der Waals surface area contributed by atoms with Gasteiger partial charge in [0, 0.05) is 10.8 Å². The molecule has 2 N–H and O–H groups in total. The predicted molar refractivity (Wildman–Crippen MR) is 72.8 cm³/mol. The minimum absolute atomic E-state index is 0.199. The molecule has 2 nitrogen and oxygen atoms in total. The van der Waals surface area contributed by atoms with E-state index in [1.54, 1.807) is 0 Å². The molecule has 0 bridgehead atoms. The molecule has 0 aliphatic heterocycles. The van der Waals surface area contributed by atoms with Crippen molar-refractivity contribution in [1.82, 2.24) is 0 Å². The Bertz CT molecular complexity index is 531. The van der Waals surface area contributed by atoms with E-state index in [-0.39, 0.29) is 5.92 Å². The first-order chi connectivity index (χ1) is 8.15. The summed E-state index contributed by atoms with van der Waals surface area (Å²) in [4.78, 5) is 12.2. The van der Waals surface area contributed by atoms with Crippen LogP contribution < -0.4 is 5.73 Å². The number of nitrogen functional groups attached to an aromatic ring is 1. The maximum absolute atomic E-state index is 11.1. The number of thiophene rings is 1. The third-order valence-corrected chi connectivity index (χ3v) is 4.01. The van der Waals surface area contributed by atoms with Crippen molar-refractivity contribution in [1.29, 1.82) is 0 Å².